The molecule has 0 fully saturated rings. The van der Waals surface area contributed by atoms with Gasteiger partial charge in [-0.05, 0) is 34.4 Å². The molecule has 1 atom stereocenters. The van der Waals surface area contributed by atoms with Crippen molar-refractivity contribution in [3.8, 4) is 5.75 Å². The summed E-state index contributed by atoms with van der Waals surface area (Å²) >= 11 is 0. The molecule has 1 amide bonds. The molecule has 0 radical (unpaired) electrons. The first kappa shape index (κ1) is 18.6. The van der Waals surface area contributed by atoms with Crippen LogP contribution in [0.2, 0.25) is 0 Å². The second kappa shape index (κ2) is 8.49. The lowest BCUT2D eigenvalue weighted by atomic mass is 10.0. The number of fused-ring (bicyclic) bond motifs is 1. The maximum Gasteiger partial charge on any atom is 0.334 e. The number of nitrogens with one attached hydrogen (secondary N) is 1. The molecule has 0 aromatic heterocycles. The lowest BCUT2D eigenvalue weighted by Crippen LogP contribution is -2.46. The number of hydrogen-bond acceptors (Lipinski definition) is 3. The monoisotopic (exact) mass is 361 g/mol. The zero-order valence-corrected chi connectivity index (χ0v) is 15.5. The molecule has 4 heteroatoms. The fraction of sp³-hybridized carbons (Fsp3) is 0.217. The summed E-state index contributed by atoms with van der Waals surface area (Å²) in [6.45, 7) is 3.77. The molecule has 0 aliphatic carbocycles. The van der Waals surface area contributed by atoms with E-state index in [1.807, 2.05) is 62.4 Å². The third-order valence-electron chi connectivity index (χ3n) is 4.43. The van der Waals surface area contributed by atoms with E-state index in [2.05, 4.69) is 5.32 Å². The number of amides is 1. The van der Waals surface area contributed by atoms with E-state index in [0.29, 0.717) is 5.75 Å². The molecule has 0 unspecified atom stereocenters. The Labute approximate surface area is 159 Å². The molecular formula is C23H23NO3. The molecule has 27 heavy (non-hydrogen) atoms. The van der Waals surface area contributed by atoms with Crippen LogP contribution in [0.1, 0.15) is 19.4 Å². The van der Waals surface area contributed by atoms with E-state index < -0.39 is 12.0 Å². The first-order chi connectivity index (χ1) is 13.0. The molecule has 138 valence electrons. The standard InChI is InChI=1S/C23H23NO3/c1-16(2)22(23(26)27-19-12-4-3-5-13-19)24-21(25)15-18-11-8-10-17-9-6-7-14-20(17)18/h3-14,16,22H,15H2,1-2H3,(H,24,25)/t22-/m0/s1. The highest BCUT2D eigenvalue weighted by Gasteiger charge is 2.26. The van der Waals surface area contributed by atoms with Crippen molar-refractivity contribution >= 4 is 22.6 Å². The zero-order chi connectivity index (χ0) is 19.2. The number of esters is 1. The van der Waals surface area contributed by atoms with Crippen molar-refractivity contribution in [1.29, 1.82) is 0 Å². The van der Waals surface area contributed by atoms with E-state index in [4.69, 9.17) is 4.74 Å². The Morgan fingerprint density at radius 3 is 2.30 bits per heavy atom. The number of hydrogen-bond donors (Lipinski definition) is 1. The van der Waals surface area contributed by atoms with Gasteiger partial charge < -0.3 is 10.1 Å². The molecule has 0 aliphatic heterocycles. The van der Waals surface area contributed by atoms with Crippen LogP contribution in [0, 0.1) is 5.92 Å². The number of benzene rings is 3. The molecule has 0 spiro atoms. The van der Waals surface area contributed by atoms with Gasteiger partial charge in [0.15, 0.2) is 0 Å². The van der Waals surface area contributed by atoms with E-state index in [1.54, 1.807) is 24.3 Å². The van der Waals surface area contributed by atoms with Gasteiger partial charge in [-0.2, -0.15) is 0 Å². The van der Waals surface area contributed by atoms with Gasteiger partial charge >= 0.3 is 5.97 Å². The predicted octanol–water partition coefficient (Wildman–Crippen LogP) is 4.13. The smallest absolute Gasteiger partial charge is 0.334 e. The molecular weight excluding hydrogens is 338 g/mol. The van der Waals surface area contributed by atoms with Crippen LogP contribution >= 0.6 is 0 Å². The van der Waals surface area contributed by atoms with E-state index in [0.717, 1.165) is 16.3 Å². The summed E-state index contributed by atoms with van der Waals surface area (Å²) in [6, 6.07) is 22.0. The number of carbonyl (C=O) groups excluding carboxylic acids is 2. The van der Waals surface area contributed by atoms with Gasteiger partial charge in [-0.1, -0.05) is 74.5 Å². The van der Waals surface area contributed by atoms with Crippen molar-refractivity contribution in [2.75, 3.05) is 0 Å². The van der Waals surface area contributed by atoms with Gasteiger partial charge in [-0.15, -0.1) is 0 Å². The average molecular weight is 361 g/mol. The van der Waals surface area contributed by atoms with Crippen LogP contribution in [0.4, 0.5) is 0 Å². The highest BCUT2D eigenvalue weighted by Crippen LogP contribution is 2.19. The highest BCUT2D eigenvalue weighted by molar-refractivity contribution is 5.92. The van der Waals surface area contributed by atoms with Crippen LogP contribution in [-0.2, 0) is 16.0 Å². The highest BCUT2D eigenvalue weighted by atomic mass is 16.5. The van der Waals surface area contributed by atoms with Crippen molar-refractivity contribution in [3.63, 3.8) is 0 Å². The van der Waals surface area contributed by atoms with E-state index in [9.17, 15) is 9.59 Å². The van der Waals surface area contributed by atoms with E-state index in [-0.39, 0.29) is 18.2 Å². The molecule has 1 N–H and O–H groups in total. The summed E-state index contributed by atoms with van der Waals surface area (Å²) in [5.41, 5.74) is 0.935. The molecule has 0 aliphatic rings. The minimum Gasteiger partial charge on any atom is -0.425 e. The van der Waals surface area contributed by atoms with Crippen molar-refractivity contribution in [1.82, 2.24) is 5.32 Å². The van der Waals surface area contributed by atoms with Crippen LogP contribution in [0.15, 0.2) is 72.8 Å². The van der Waals surface area contributed by atoms with Gasteiger partial charge in [-0.25, -0.2) is 4.79 Å². The van der Waals surface area contributed by atoms with Gasteiger partial charge in [-0.3, -0.25) is 4.79 Å². The minimum atomic E-state index is -0.701. The number of ether oxygens (including phenoxy) is 1. The Morgan fingerprint density at radius 2 is 1.56 bits per heavy atom. The first-order valence-corrected chi connectivity index (χ1v) is 9.07. The van der Waals surface area contributed by atoms with Crippen LogP contribution in [0.5, 0.6) is 5.75 Å². The van der Waals surface area contributed by atoms with Crippen LogP contribution in [0.3, 0.4) is 0 Å². The van der Waals surface area contributed by atoms with E-state index >= 15 is 0 Å². The van der Waals surface area contributed by atoms with Gasteiger partial charge in [0.25, 0.3) is 0 Å². The molecule has 3 rings (SSSR count). The Hall–Kier alpha value is -3.14. The maximum absolute atomic E-state index is 12.6. The fourth-order valence-corrected chi connectivity index (χ4v) is 3.01. The van der Waals surface area contributed by atoms with Gasteiger partial charge in [0, 0.05) is 0 Å². The third kappa shape index (κ3) is 4.73. The summed E-state index contributed by atoms with van der Waals surface area (Å²) in [5.74, 6) is -0.272. The quantitative estimate of drug-likeness (QED) is 0.531. The van der Waals surface area contributed by atoms with Gasteiger partial charge in [0.1, 0.15) is 11.8 Å². The van der Waals surface area contributed by atoms with Crippen molar-refractivity contribution in [2.24, 2.45) is 5.92 Å². The normalized spacial score (nSPS) is 12.0. The summed E-state index contributed by atoms with van der Waals surface area (Å²) in [4.78, 5) is 25.1. The number of para-hydroxylation sites is 1. The molecule has 3 aromatic carbocycles. The maximum atomic E-state index is 12.6. The van der Waals surface area contributed by atoms with Gasteiger partial charge in [0.2, 0.25) is 5.91 Å². The van der Waals surface area contributed by atoms with Crippen LogP contribution < -0.4 is 10.1 Å². The summed E-state index contributed by atoms with van der Waals surface area (Å²) < 4.78 is 5.41. The molecule has 0 heterocycles. The zero-order valence-electron chi connectivity index (χ0n) is 15.5. The first-order valence-electron chi connectivity index (χ1n) is 9.07. The third-order valence-corrected chi connectivity index (χ3v) is 4.43. The second-order valence-corrected chi connectivity index (χ2v) is 6.84. The molecule has 0 saturated heterocycles. The summed E-state index contributed by atoms with van der Waals surface area (Å²) in [6.07, 6.45) is 0.211. The van der Waals surface area contributed by atoms with Crippen LogP contribution in [0.25, 0.3) is 10.8 Å². The lowest BCUT2D eigenvalue weighted by molar-refractivity contribution is -0.140. The van der Waals surface area contributed by atoms with Crippen molar-refractivity contribution in [3.05, 3.63) is 78.4 Å². The topological polar surface area (TPSA) is 55.4 Å². The SMILES string of the molecule is CC(C)[C@H](NC(=O)Cc1cccc2ccccc12)C(=O)Oc1ccccc1. The Bertz CT molecular complexity index is 929. The Morgan fingerprint density at radius 1 is 0.889 bits per heavy atom. The Kier molecular flexibility index (Phi) is 5.87. The van der Waals surface area contributed by atoms with Crippen molar-refractivity contribution < 1.29 is 14.3 Å². The number of rotatable bonds is 6. The number of carbonyl (C=O) groups is 2. The predicted molar refractivity (Wildman–Crippen MR) is 106 cm³/mol. The second-order valence-electron chi connectivity index (χ2n) is 6.84. The average Bonchev–Trinajstić information content (AvgIpc) is 2.67. The van der Waals surface area contributed by atoms with E-state index in [1.165, 1.54) is 0 Å². The van der Waals surface area contributed by atoms with Crippen LogP contribution in [-0.4, -0.2) is 17.9 Å². The molecule has 4 nitrogen and oxygen atoms in total. The molecule has 3 aromatic rings. The largest absolute Gasteiger partial charge is 0.425 e. The van der Waals surface area contributed by atoms with Crippen molar-refractivity contribution in [2.45, 2.75) is 26.3 Å². The molecule has 0 bridgehead atoms. The molecule has 0 saturated carbocycles. The summed E-state index contributed by atoms with van der Waals surface area (Å²) in [7, 11) is 0. The summed E-state index contributed by atoms with van der Waals surface area (Å²) in [5, 5.41) is 4.97. The van der Waals surface area contributed by atoms with Gasteiger partial charge in [0.05, 0.1) is 6.42 Å². The lowest BCUT2D eigenvalue weighted by Gasteiger charge is -2.21. The Balaban J connectivity index is 1.70. The fourth-order valence-electron chi connectivity index (χ4n) is 3.01. The minimum absolute atomic E-state index is 0.0855.